The summed E-state index contributed by atoms with van der Waals surface area (Å²) >= 11 is 0. The van der Waals surface area contributed by atoms with E-state index in [9.17, 15) is 18.0 Å². The average molecular weight is 296 g/mol. The Morgan fingerprint density at radius 1 is 1.32 bits per heavy atom. The van der Waals surface area contributed by atoms with Crippen molar-refractivity contribution in [1.82, 2.24) is 9.03 Å². The third-order valence-corrected chi connectivity index (χ3v) is 4.28. The number of ether oxygens (including phenoxy) is 1. The number of esters is 1. The summed E-state index contributed by atoms with van der Waals surface area (Å²) in [5.74, 6) is -1.92. The third-order valence-electron chi connectivity index (χ3n) is 2.50. The van der Waals surface area contributed by atoms with Crippen LogP contribution in [0.2, 0.25) is 0 Å². The van der Waals surface area contributed by atoms with E-state index in [1.807, 2.05) is 0 Å². The van der Waals surface area contributed by atoms with Crippen LogP contribution in [0.1, 0.15) is 26.7 Å². The quantitative estimate of drug-likeness (QED) is 0.558. The highest BCUT2D eigenvalue weighted by atomic mass is 32.2. The van der Waals surface area contributed by atoms with Crippen molar-refractivity contribution in [2.45, 2.75) is 32.7 Å². The number of aliphatic carboxylic acids is 1. The SMILES string of the molecule is CCN(CC)S(=O)(=O)NC(CCC(=O)OC)C(=O)O. The molecule has 0 aliphatic rings. The van der Waals surface area contributed by atoms with Gasteiger partial charge in [0.2, 0.25) is 0 Å². The van der Waals surface area contributed by atoms with Crippen molar-refractivity contribution in [3.63, 3.8) is 0 Å². The summed E-state index contributed by atoms with van der Waals surface area (Å²) in [7, 11) is -2.69. The molecule has 1 unspecified atom stereocenters. The van der Waals surface area contributed by atoms with E-state index in [2.05, 4.69) is 9.46 Å². The van der Waals surface area contributed by atoms with Crippen molar-refractivity contribution < 1.29 is 27.9 Å². The zero-order valence-corrected chi connectivity index (χ0v) is 12.1. The molecule has 9 heteroatoms. The number of hydrogen-bond acceptors (Lipinski definition) is 5. The molecular weight excluding hydrogens is 276 g/mol. The monoisotopic (exact) mass is 296 g/mol. The number of carboxylic acid groups (broad SMARTS) is 1. The lowest BCUT2D eigenvalue weighted by atomic mass is 10.2. The minimum Gasteiger partial charge on any atom is -0.480 e. The van der Waals surface area contributed by atoms with Gasteiger partial charge in [0.15, 0.2) is 0 Å². The van der Waals surface area contributed by atoms with Gasteiger partial charge in [-0.15, -0.1) is 0 Å². The summed E-state index contributed by atoms with van der Waals surface area (Å²) in [4.78, 5) is 21.9. The second-order valence-electron chi connectivity index (χ2n) is 3.71. The molecule has 0 fully saturated rings. The maximum Gasteiger partial charge on any atom is 0.321 e. The first kappa shape index (κ1) is 17.8. The standard InChI is InChI=1S/C10H20N2O6S/c1-4-12(5-2)19(16,17)11-8(10(14)15)6-7-9(13)18-3/h8,11H,4-7H2,1-3H3,(H,14,15). The summed E-state index contributed by atoms with van der Waals surface area (Å²) < 4.78 is 31.3. The van der Waals surface area contributed by atoms with E-state index in [1.54, 1.807) is 13.8 Å². The molecule has 0 aromatic rings. The molecule has 0 saturated carbocycles. The zero-order valence-electron chi connectivity index (χ0n) is 11.2. The molecule has 0 aliphatic carbocycles. The second-order valence-corrected chi connectivity index (χ2v) is 5.42. The average Bonchev–Trinajstić information content (AvgIpc) is 2.34. The topological polar surface area (TPSA) is 113 Å². The molecule has 0 aromatic carbocycles. The summed E-state index contributed by atoms with van der Waals surface area (Å²) in [6, 6.07) is -1.36. The van der Waals surface area contributed by atoms with E-state index < -0.39 is 28.2 Å². The highest BCUT2D eigenvalue weighted by molar-refractivity contribution is 7.87. The summed E-state index contributed by atoms with van der Waals surface area (Å²) in [5, 5.41) is 8.95. The van der Waals surface area contributed by atoms with E-state index in [0.29, 0.717) is 0 Å². The maximum atomic E-state index is 11.9. The van der Waals surface area contributed by atoms with Crippen molar-refractivity contribution in [2.75, 3.05) is 20.2 Å². The van der Waals surface area contributed by atoms with Gasteiger partial charge in [0.1, 0.15) is 6.04 Å². The number of hydrogen-bond donors (Lipinski definition) is 2. The number of nitrogens with one attached hydrogen (secondary N) is 1. The highest BCUT2D eigenvalue weighted by Crippen LogP contribution is 2.04. The number of carbonyl (C=O) groups is 2. The Kier molecular flexibility index (Phi) is 7.57. The molecule has 19 heavy (non-hydrogen) atoms. The number of methoxy groups -OCH3 is 1. The molecule has 0 spiro atoms. The molecule has 2 N–H and O–H groups in total. The molecule has 0 saturated heterocycles. The van der Waals surface area contributed by atoms with Crippen molar-refractivity contribution >= 4 is 22.1 Å². The van der Waals surface area contributed by atoms with Crippen LogP contribution in [0.25, 0.3) is 0 Å². The molecule has 8 nitrogen and oxygen atoms in total. The van der Waals surface area contributed by atoms with Gasteiger partial charge in [0.25, 0.3) is 10.2 Å². The number of carboxylic acids is 1. The van der Waals surface area contributed by atoms with Crippen LogP contribution in [0.5, 0.6) is 0 Å². The van der Waals surface area contributed by atoms with Crippen LogP contribution >= 0.6 is 0 Å². The first-order valence-electron chi connectivity index (χ1n) is 5.85. The number of nitrogens with zero attached hydrogens (tertiary/aromatic N) is 1. The molecule has 0 radical (unpaired) electrons. The van der Waals surface area contributed by atoms with Crippen molar-refractivity contribution in [2.24, 2.45) is 0 Å². The Balaban J connectivity index is 4.75. The van der Waals surface area contributed by atoms with Crippen LogP contribution in [0.4, 0.5) is 0 Å². The third kappa shape index (κ3) is 5.99. The zero-order chi connectivity index (χ0) is 15.1. The van der Waals surface area contributed by atoms with E-state index in [4.69, 9.17) is 5.11 Å². The van der Waals surface area contributed by atoms with Crippen LogP contribution in [-0.4, -0.2) is 56.0 Å². The molecular formula is C10H20N2O6S. The van der Waals surface area contributed by atoms with Crippen LogP contribution in [0, 0.1) is 0 Å². The molecule has 0 bridgehead atoms. The molecule has 0 heterocycles. The van der Waals surface area contributed by atoms with Gasteiger partial charge >= 0.3 is 11.9 Å². The lowest BCUT2D eigenvalue weighted by molar-refractivity contribution is -0.142. The van der Waals surface area contributed by atoms with E-state index in [-0.39, 0.29) is 25.9 Å². The Labute approximate surface area is 112 Å². The molecule has 0 aliphatic heterocycles. The van der Waals surface area contributed by atoms with Gasteiger partial charge in [-0.25, -0.2) is 0 Å². The molecule has 112 valence electrons. The van der Waals surface area contributed by atoms with Gasteiger partial charge in [-0.3, -0.25) is 9.59 Å². The Morgan fingerprint density at radius 2 is 1.84 bits per heavy atom. The predicted molar refractivity (Wildman–Crippen MR) is 67.7 cm³/mol. The van der Waals surface area contributed by atoms with E-state index in [1.165, 1.54) is 7.11 Å². The molecule has 0 amide bonds. The van der Waals surface area contributed by atoms with Gasteiger partial charge in [0.05, 0.1) is 7.11 Å². The van der Waals surface area contributed by atoms with Gasteiger partial charge in [-0.1, -0.05) is 13.8 Å². The molecule has 0 rings (SSSR count). The largest absolute Gasteiger partial charge is 0.480 e. The van der Waals surface area contributed by atoms with Gasteiger partial charge in [-0.05, 0) is 6.42 Å². The normalized spacial score (nSPS) is 13.3. The van der Waals surface area contributed by atoms with E-state index in [0.717, 1.165) is 4.31 Å². The van der Waals surface area contributed by atoms with E-state index >= 15 is 0 Å². The predicted octanol–water partition coefficient (Wildman–Crippen LogP) is -0.431. The van der Waals surface area contributed by atoms with Crippen LogP contribution in [0.3, 0.4) is 0 Å². The highest BCUT2D eigenvalue weighted by Gasteiger charge is 2.27. The minimum atomic E-state index is -3.87. The first-order chi connectivity index (χ1) is 8.78. The summed E-state index contributed by atoms with van der Waals surface area (Å²) in [6.07, 6.45) is -0.337. The molecule has 0 aromatic heterocycles. The minimum absolute atomic E-state index is 0.164. The van der Waals surface area contributed by atoms with Gasteiger partial charge in [-0.2, -0.15) is 17.4 Å². The maximum absolute atomic E-state index is 11.9. The summed E-state index contributed by atoms with van der Waals surface area (Å²) in [6.45, 7) is 3.75. The second kappa shape index (κ2) is 8.08. The fourth-order valence-electron chi connectivity index (χ4n) is 1.41. The molecule has 1 atom stereocenters. The fraction of sp³-hybridized carbons (Fsp3) is 0.800. The van der Waals surface area contributed by atoms with Crippen LogP contribution < -0.4 is 4.72 Å². The van der Waals surface area contributed by atoms with Gasteiger partial charge in [0, 0.05) is 19.5 Å². The number of rotatable bonds is 9. The number of carbonyl (C=O) groups excluding carboxylic acids is 1. The van der Waals surface area contributed by atoms with Gasteiger partial charge < -0.3 is 9.84 Å². The first-order valence-corrected chi connectivity index (χ1v) is 7.29. The lowest BCUT2D eigenvalue weighted by Crippen LogP contribution is -2.48. The van der Waals surface area contributed by atoms with Crippen molar-refractivity contribution in [1.29, 1.82) is 0 Å². The fourth-order valence-corrected chi connectivity index (χ4v) is 2.82. The lowest BCUT2D eigenvalue weighted by Gasteiger charge is -2.21. The van der Waals surface area contributed by atoms with Crippen molar-refractivity contribution in [3.8, 4) is 0 Å². The Morgan fingerprint density at radius 3 is 2.21 bits per heavy atom. The Bertz CT molecular complexity index is 404. The van der Waals surface area contributed by atoms with Crippen molar-refractivity contribution in [3.05, 3.63) is 0 Å². The smallest absolute Gasteiger partial charge is 0.321 e. The van der Waals surface area contributed by atoms with Crippen LogP contribution in [-0.2, 0) is 24.5 Å². The van der Waals surface area contributed by atoms with Crippen LogP contribution in [0.15, 0.2) is 0 Å². The Hall–Kier alpha value is -1.19. The summed E-state index contributed by atoms with van der Waals surface area (Å²) in [5.41, 5.74) is 0.